The molecule has 0 spiro atoms. The summed E-state index contributed by atoms with van der Waals surface area (Å²) < 4.78 is 36.5. The third kappa shape index (κ3) is 3.40. The first-order valence-corrected chi connectivity index (χ1v) is 11.6. The van der Waals surface area contributed by atoms with Crippen LogP contribution < -0.4 is 0 Å². The molecule has 1 unspecified atom stereocenters. The number of rotatable bonds is 4. The van der Waals surface area contributed by atoms with E-state index in [1.54, 1.807) is 22.9 Å². The zero-order valence-electron chi connectivity index (χ0n) is 16.7. The van der Waals surface area contributed by atoms with E-state index in [0.717, 1.165) is 5.56 Å². The van der Waals surface area contributed by atoms with Crippen LogP contribution in [0.1, 0.15) is 22.8 Å². The van der Waals surface area contributed by atoms with Gasteiger partial charge in [-0.15, -0.1) is 0 Å². The van der Waals surface area contributed by atoms with Crippen LogP contribution in [-0.4, -0.2) is 47.8 Å². The smallest absolute Gasteiger partial charge is 0.338 e. The van der Waals surface area contributed by atoms with Crippen LogP contribution in [0.5, 0.6) is 0 Å². The van der Waals surface area contributed by atoms with E-state index in [1.807, 2.05) is 30.3 Å². The van der Waals surface area contributed by atoms with Gasteiger partial charge >= 0.3 is 5.97 Å². The minimum absolute atomic E-state index is 0.0216. The van der Waals surface area contributed by atoms with E-state index in [0.29, 0.717) is 40.2 Å². The van der Waals surface area contributed by atoms with Gasteiger partial charge in [-0.3, -0.25) is 0 Å². The number of furan rings is 1. The van der Waals surface area contributed by atoms with Gasteiger partial charge in [-0.2, -0.15) is 5.10 Å². The van der Waals surface area contributed by atoms with Gasteiger partial charge in [0.2, 0.25) is 0 Å². The number of fused-ring (bicyclic) bond motifs is 1. The number of esters is 1. The van der Waals surface area contributed by atoms with Gasteiger partial charge in [0.05, 0.1) is 47.6 Å². The Morgan fingerprint density at radius 3 is 2.65 bits per heavy atom. The van der Waals surface area contributed by atoms with Gasteiger partial charge in [0.15, 0.2) is 21.2 Å². The molecule has 5 rings (SSSR count). The lowest BCUT2D eigenvalue weighted by atomic mass is 10.0. The summed E-state index contributed by atoms with van der Waals surface area (Å²) in [4.78, 5) is 17.6. The number of benzene rings is 1. The van der Waals surface area contributed by atoms with E-state index in [9.17, 15) is 13.2 Å². The first kappa shape index (κ1) is 19.5. The SMILES string of the molecule is COC(=O)c1cc(-c2ccccc2)nc2c1c(-c1ccco1)nn2C1CCS(=O)(=O)C1. The Balaban J connectivity index is 1.83. The number of sulfone groups is 1. The average molecular weight is 437 g/mol. The fraction of sp³-hybridized carbons (Fsp3) is 0.227. The standard InChI is InChI=1S/C22H19N3O5S/c1-29-22(26)16-12-17(14-6-3-2-4-7-14)23-21-19(16)20(18-8-5-10-30-18)24-25(21)15-9-11-31(27,28)13-15/h2-8,10,12,15H,9,11,13H2,1H3. The lowest BCUT2D eigenvalue weighted by Gasteiger charge is -2.11. The van der Waals surface area contributed by atoms with Crippen LogP contribution in [0.2, 0.25) is 0 Å². The number of aromatic nitrogens is 3. The van der Waals surface area contributed by atoms with Crippen molar-refractivity contribution in [1.29, 1.82) is 0 Å². The van der Waals surface area contributed by atoms with Crippen LogP contribution in [0, 0.1) is 0 Å². The maximum atomic E-state index is 12.8. The lowest BCUT2D eigenvalue weighted by Crippen LogP contribution is -2.13. The molecule has 1 saturated heterocycles. The fourth-order valence-corrected chi connectivity index (χ4v) is 5.66. The van der Waals surface area contributed by atoms with E-state index < -0.39 is 15.8 Å². The summed E-state index contributed by atoms with van der Waals surface area (Å²) in [7, 11) is -1.84. The minimum Gasteiger partial charge on any atom is -0.465 e. The molecule has 158 valence electrons. The first-order chi connectivity index (χ1) is 15.0. The number of hydrogen-bond donors (Lipinski definition) is 0. The Morgan fingerprint density at radius 1 is 1.19 bits per heavy atom. The van der Waals surface area contributed by atoms with Crippen LogP contribution >= 0.6 is 0 Å². The van der Waals surface area contributed by atoms with E-state index in [4.69, 9.17) is 14.1 Å². The molecule has 1 aromatic carbocycles. The molecule has 1 fully saturated rings. The Hall–Kier alpha value is -3.46. The zero-order chi connectivity index (χ0) is 21.6. The third-order valence-corrected chi connectivity index (χ3v) is 7.20. The van der Waals surface area contributed by atoms with Crippen molar-refractivity contribution in [3.63, 3.8) is 0 Å². The number of nitrogens with zero attached hydrogens (tertiary/aromatic N) is 3. The molecule has 4 aromatic rings. The van der Waals surface area contributed by atoms with Crippen molar-refractivity contribution >= 4 is 26.8 Å². The summed E-state index contributed by atoms with van der Waals surface area (Å²) in [6.07, 6.45) is 1.95. The topological polar surface area (TPSA) is 104 Å². The maximum Gasteiger partial charge on any atom is 0.338 e. The molecule has 3 aromatic heterocycles. The Bertz CT molecular complexity index is 1380. The average Bonchev–Trinajstić information content (AvgIpc) is 3.51. The van der Waals surface area contributed by atoms with E-state index in [1.165, 1.54) is 13.4 Å². The second-order valence-corrected chi connectivity index (χ2v) is 9.67. The van der Waals surface area contributed by atoms with Gasteiger partial charge in [-0.25, -0.2) is 22.9 Å². The van der Waals surface area contributed by atoms with E-state index >= 15 is 0 Å². The van der Waals surface area contributed by atoms with Crippen LogP contribution in [0.15, 0.2) is 59.2 Å². The van der Waals surface area contributed by atoms with Crippen molar-refractivity contribution in [2.24, 2.45) is 0 Å². The fourth-order valence-electron chi connectivity index (χ4n) is 3.97. The maximum absolute atomic E-state index is 12.8. The summed E-state index contributed by atoms with van der Waals surface area (Å²) >= 11 is 0. The van der Waals surface area contributed by atoms with Gasteiger partial charge in [-0.1, -0.05) is 30.3 Å². The highest BCUT2D eigenvalue weighted by molar-refractivity contribution is 7.91. The molecule has 1 aliphatic rings. The van der Waals surface area contributed by atoms with Crippen LogP contribution in [-0.2, 0) is 14.6 Å². The summed E-state index contributed by atoms with van der Waals surface area (Å²) in [6, 6.07) is 14.2. The van der Waals surface area contributed by atoms with Crippen molar-refractivity contribution in [2.75, 3.05) is 18.6 Å². The molecular weight excluding hydrogens is 418 g/mol. The predicted molar refractivity (Wildman–Crippen MR) is 114 cm³/mol. The van der Waals surface area contributed by atoms with Crippen LogP contribution in [0.4, 0.5) is 0 Å². The normalized spacial score (nSPS) is 17.8. The highest BCUT2D eigenvalue weighted by atomic mass is 32.2. The molecule has 1 aliphatic heterocycles. The van der Waals surface area contributed by atoms with Crippen molar-refractivity contribution in [1.82, 2.24) is 14.8 Å². The van der Waals surface area contributed by atoms with Gasteiger partial charge in [0.1, 0.15) is 5.69 Å². The van der Waals surface area contributed by atoms with Gasteiger partial charge in [0.25, 0.3) is 0 Å². The molecule has 0 radical (unpaired) electrons. The second-order valence-electron chi connectivity index (χ2n) is 7.44. The van der Waals surface area contributed by atoms with Crippen molar-refractivity contribution in [2.45, 2.75) is 12.5 Å². The third-order valence-electron chi connectivity index (χ3n) is 5.45. The number of carbonyl (C=O) groups excluding carboxylic acids is 1. The number of methoxy groups -OCH3 is 1. The van der Waals surface area contributed by atoms with Gasteiger partial charge < -0.3 is 9.15 Å². The highest BCUT2D eigenvalue weighted by Crippen LogP contribution is 2.36. The van der Waals surface area contributed by atoms with Crippen LogP contribution in [0.3, 0.4) is 0 Å². The summed E-state index contributed by atoms with van der Waals surface area (Å²) in [5, 5.41) is 5.16. The second kappa shape index (κ2) is 7.35. The highest BCUT2D eigenvalue weighted by Gasteiger charge is 2.33. The molecule has 0 bridgehead atoms. The summed E-state index contributed by atoms with van der Waals surface area (Å²) in [6.45, 7) is 0. The van der Waals surface area contributed by atoms with Crippen LogP contribution in [0.25, 0.3) is 33.7 Å². The monoisotopic (exact) mass is 437 g/mol. The number of ether oxygens (including phenoxy) is 1. The quantitative estimate of drug-likeness (QED) is 0.450. The first-order valence-electron chi connectivity index (χ1n) is 9.78. The molecule has 0 amide bonds. The zero-order valence-corrected chi connectivity index (χ0v) is 17.5. The Kier molecular flexibility index (Phi) is 4.62. The molecule has 4 heterocycles. The number of carbonyl (C=O) groups is 1. The van der Waals surface area contributed by atoms with Gasteiger partial charge in [0, 0.05) is 5.56 Å². The molecule has 1 atom stereocenters. The van der Waals surface area contributed by atoms with Gasteiger partial charge in [-0.05, 0) is 24.6 Å². The van der Waals surface area contributed by atoms with E-state index in [-0.39, 0.29) is 17.5 Å². The molecule has 0 aliphatic carbocycles. The van der Waals surface area contributed by atoms with E-state index in [2.05, 4.69) is 5.10 Å². The summed E-state index contributed by atoms with van der Waals surface area (Å²) in [5.74, 6) is 0.00349. The minimum atomic E-state index is -3.15. The van der Waals surface area contributed by atoms with Crippen molar-refractivity contribution in [3.05, 3.63) is 60.4 Å². The Morgan fingerprint density at radius 2 is 2.00 bits per heavy atom. The molecule has 8 nitrogen and oxygen atoms in total. The molecule has 0 saturated carbocycles. The summed E-state index contributed by atoms with van der Waals surface area (Å²) in [5.41, 5.74) is 2.54. The number of pyridine rings is 1. The lowest BCUT2D eigenvalue weighted by molar-refractivity contribution is 0.0603. The molecule has 9 heteroatoms. The predicted octanol–water partition coefficient (Wildman–Crippen LogP) is 3.50. The number of hydrogen-bond acceptors (Lipinski definition) is 7. The molecule has 0 N–H and O–H groups in total. The molecular formula is C22H19N3O5S. The van der Waals surface area contributed by atoms with Crippen molar-refractivity contribution in [3.8, 4) is 22.7 Å². The largest absolute Gasteiger partial charge is 0.465 e. The van der Waals surface area contributed by atoms with Crippen molar-refractivity contribution < 1.29 is 22.4 Å². The Labute approximate surface area is 178 Å². The molecule has 31 heavy (non-hydrogen) atoms.